The molecule has 0 aliphatic heterocycles. The molecule has 0 bridgehead atoms. The summed E-state index contributed by atoms with van der Waals surface area (Å²) in [6, 6.07) is 4.88. The lowest BCUT2D eigenvalue weighted by atomic mass is 10.1. The molecule has 0 saturated heterocycles. The van der Waals surface area contributed by atoms with E-state index in [0.29, 0.717) is 27.0 Å². The van der Waals surface area contributed by atoms with Crippen molar-refractivity contribution in [3.63, 3.8) is 0 Å². The summed E-state index contributed by atoms with van der Waals surface area (Å²) in [5.74, 6) is 0. The summed E-state index contributed by atoms with van der Waals surface area (Å²) in [7, 11) is 0. The van der Waals surface area contributed by atoms with Crippen molar-refractivity contribution >= 4 is 27.9 Å². The van der Waals surface area contributed by atoms with Gasteiger partial charge in [0.05, 0.1) is 28.3 Å². The molecule has 0 N–H and O–H groups in total. The van der Waals surface area contributed by atoms with Crippen molar-refractivity contribution < 1.29 is 9.72 Å². The van der Waals surface area contributed by atoms with Crippen molar-refractivity contribution in [1.29, 1.82) is 0 Å². The van der Waals surface area contributed by atoms with Crippen LogP contribution in [0.3, 0.4) is 0 Å². The fourth-order valence-electron chi connectivity index (χ4n) is 2.04. The lowest BCUT2D eigenvalue weighted by Crippen LogP contribution is -2.06. The van der Waals surface area contributed by atoms with Crippen LogP contribution in [0.25, 0.3) is 0 Å². The third-order valence-corrected chi connectivity index (χ3v) is 3.61. The lowest BCUT2D eigenvalue weighted by Gasteiger charge is -2.06. The Morgan fingerprint density at radius 1 is 1.45 bits per heavy atom. The van der Waals surface area contributed by atoms with Crippen LogP contribution in [0.5, 0.6) is 0 Å². The van der Waals surface area contributed by atoms with E-state index in [1.165, 1.54) is 6.07 Å². The number of hydrogen-bond donors (Lipinski definition) is 0. The maximum Gasteiger partial charge on any atom is 0.275 e. The summed E-state index contributed by atoms with van der Waals surface area (Å²) in [4.78, 5) is 21.6. The summed E-state index contributed by atoms with van der Waals surface area (Å²) >= 11 is 3.22. The van der Waals surface area contributed by atoms with Crippen molar-refractivity contribution in [2.24, 2.45) is 0 Å². The molecule has 1 aromatic carbocycles. The van der Waals surface area contributed by atoms with Gasteiger partial charge in [-0.2, -0.15) is 5.10 Å². The van der Waals surface area contributed by atoms with E-state index in [9.17, 15) is 14.9 Å². The molecule has 0 saturated carbocycles. The van der Waals surface area contributed by atoms with E-state index in [2.05, 4.69) is 21.0 Å². The quantitative estimate of drug-likeness (QED) is 0.488. The standard InChI is InChI=1S/C13H12BrN3O3/c1-8-12(7-18)9(2)16(15-8)6-10-3-4-11(14)5-13(10)17(19)20/h3-5,7H,6H2,1-2H3. The largest absolute Gasteiger partial charge is 0.298 e. The number of rotatable bonds is 4. The number of nitro groups is 1. The van der Waals surface area contributed by atoms with Crippen LogP contribution in [0.15, 0.2) is 22.7 Å². The molecule has 0 atom stereocenters. The van der Waals surface area contributed by atoms with Crippen molar-refractivity contribution in [1.82, 2.24) is 9.78 Å². The van der Waals surface area contributed by atoms with Gasteiger partial charge in [0, 0.05) is 16.2 Å². The first-order valence-corrected chi connectivity index (χ1v) is 6.65. The average Bonchev–Trinajstić information content (AvgIpc) is 2.66. The van der Waals surface area contributed by atoms with Crippen LogP contribution in [0.2, 0.25) is 0 Å². The molecule has 20 heavy (non-hydrogen) atoms. The van der Waals surface area contributed by atoms with Gasteiger partial charge in [0.25, 0.3) is 5.69 Å². The number of aromatic nitrogens is 2. The highest BCUT2D eigenvalue weighted by Crippen LogP contribution is 2.25. The fourth-order valence-corrected chi connectivity index (χ4v) is 2.39. The Kier molecular flexibility index (Phi) is 3.99. The highest BCUT2D eigenvalue weighted by Gasteiger charge is 2.17. The predicted molar refractivity (Wildman–Crippen MR) is 77.0 cm³/mol. The molecule has 1 heterocycles. The van der Waals surface area contributed by atoms with E-state index in [0.717, 1.165) is 6.29 Å². The van der Waals surface area contributed by atoms with Crippen molar-refractivity contribution in [2.45, 2.75) is 20.4 Å². The highest BCUT2D eigenvalue weighted by molar-refractivity contribution is 9.10. The minimum absolute atomic E-state index is 0.0274. The zero-order valence-corrected chi connectivity index (χ0v) is 12.5. The van der Waals surface area contributed by atoms with Gasteiger partial charge >= 0.3 is 0 Å². The second-order valence-corrected chi connectivity index (χ2v) is 5.31. The van der Waals surface area contributed by atoms with Crippen LogP contribution in [0, 0.1) is 24.0 Å². The smallest absolute Gasteiger partial charge is 0.275 e. The molecule has 0 spiro atoms. The molecule has 0 unspecified atom stereocenters. The van der Waals surface area contributed by atoms with E-state index < -0.39 is 4.92 Å². The maximum atomic E-state index is 11.1. The van der Waals surface area contributed by atoms with Gasteiger partial charge in [0.2, 0.25) is 0 Å². The normalized spacial score (nSPS) is 10.6. The summed E-state index contributed by atoms with van der Waals surface area (Å²) in [5, 5.41) is 15.3. The van der Waals surface area contributed by atoms with Crippen LogP contribution in [0.1, 0.15) is 27.3 Å². The number of benzene rings is 1. The first-order valence-electron chi connectivity index (χ1n) is 5.86. The minimum atomic E-state index is -0.424. The number of carbonyl (C=O) groups is 1. The Hall–Kier alpha value is -2.02. The minimum Gasteiger partial charge on any atom is -0.298 e. The van der Waals surface area contributed by atoms with Gasteiger partial charge in [-0.25, -0.2) is 0 Å². The van der Waals surface area contributed by atoms with E-state index in [1.54, 1.807) is 30.7 Å². The lowest BCUT2D eigenvalue weighted by molar-refractivity contribution is -0.385. The third-order valence-electron chi connectivity index (χ3n) is 3.12. The molecule has 1 aromatic heterocycles. The van der Waals surface area contributed by atoms with E-state index in [-0.39, 0.29) is 12.2 Å². The monoisotopic (exact) mass is 337 g/mol. The predicted octanol–water partition coefficient (Wildman–Crippen LogP) is 3.03. The zero-order valence-electron chi connectivity index (χ0n) is 11.0. The molecule has 0 radical (unpaired) electrons. The number of hydrogen-bond acceptors (Lipinski definition) is 4. The third kappa shape index (κ3) is 2.62. The molecule has 7 heteroatoms. The molecular formula is C13H12BrN3O3. The van der Waals surface area contributed by atoms with Crippen LogP contribution in [-0.4, -0.2) is 21.0 Å². The number of aryl methyl sites for hydroxylation is 1. The van der Waals surface area contributed by atoms with Gasteiger partial charge in [0.15, 0.2) is 6.29 Å². The molecule has 0 aliphatic carbocycles. The Labute approximate surface area is 123 Å². The Balaban J connectivity index is 2.45. The van der Waals surface area contributed by atoms with Gasteiger partial charge in [-0.05, 0) is 26.0 Å². The SMILES string of the molecule is Cc1nn(Cc2ccc(Br)cc2[N+](=O)[O-])c(C)c1C=O. The number of halogens is 1. The van der Waals surface area contributed by atoms with E-state index in [4.69, 9.17) is 0 Å². The topological polar surface area (TPSA) is 78.0 Å². The van der Waals surface area contributed by atoms with Crippen LogP contribution in [0.4, 0.5) is 5.69 Å². The average molecular weight is 338 g/mol. The first kappa shape index (κ1) is 14.4. The number of carbonyl (C=O) groups excluding carboxylic acids is 1. The molecular weight excluding hydrogens is 326 g/mol. The molecule has 0 aliphatic rings. The molecule has 0 fully saturated rings. The van der Waals surface area contributed by atoms with Crippen molar-refractivity contribution in [3.05, 3.63) is 55.3 Å². The van der Waals surface area contributed by atoms with E-state index >= 15 is 0 Å². The molecule has 104 valence electrons. The van der Waals surface area contributed by atoms with Crippen LogP contribution >= 0.6 is 15.9 Å². The van der Waals surface area contributed by atoms with Crippen molar-refractivity contribution in [2.75, 3.05) is 0 Å². The summed E-state index contributed by atoms with van der Waals surface area (Å²) in [5.41, 5.74) is 2.43. The van der Waals surface area contributed by atoms with Gasteiger partial charge in [-0.15, -0.1) is 0 Å². The Bertz CT molecular complexity index is 694. The first-order chi connectivity index (χ1) is 9.43. The summed E-state index contributed by atoms with van der Waals surface area (Å²) in [6.45, 7) is 3.77. The summed E-state index contributed by atoms with van der Waals surface area (Å²) < 4.78 is 2.25. The second-order valence-electron chi connectivity index (χ2n) is 4.39. The molecule has 0 amide bonds. The second kappa shape index (κ2) is 5.54. The Morgan fingerprint density at radius 3 is 2.70 bits per heavy atom. The van der Waals surface area contributed by atoms with E-state index in [1.807, 2.05) is 0 Å². The number of aldehydes is 1. The Morgan fingerprint density at radius 2 is 2.15 bits per heavy atom. The van der Waals surface area contributed by atoms with Crippen LogP contribution < -0.4 is 0 Å². The van der Waals surface area contributed by atoms with Gasteiger partial charge in [-0.1, -0.05) is 15.9 Å². The van der Waals surface area contributed by atoms with Crippen molar-refractivity contribution in [3.8, 4) is 0 Å². The number of nitro benzene ring substituents is 1. The molecule has 2 rings (SSSR count). The van der Waals surface area contributed by atoms with Gasteiger partial charge in [-0.3, -0.25) is 19.6 Å². The van der Waals surface area contributed by atoms with Gasteiger partial charge in [0.1, 0.15) is 0 Å². The highest BCUT2D eigenvalue weighted by atomic mass is 79.9. The fraction of sp³-hybridized carbons (Fsp3) is 0.231. The summed E-state index contributed by atoms with van der Waals surface area (Å²) in [6.07, 6.45) is 0.754. The number of nitrogens with zero attached hydrogens (tertiary/aromatic N) is 3. The zero-order chi connectivity index (χ0) is 14.9. The maximum absolute atomic E-state index is 11.1. The molecule has 6 nitrogen and oxygen atoms in total. The van der Waals surface area contributed by atoms with Gasteiger partial charge < -0.3 is 0 Å². The van der Waals surface area contributed by atoms with Crippen LogP contribution in [-0.2, 0) is 6.54 Å². The molecule has 2 aromatic rings.